The van der Waals surface area contributed by atoms with E-state index in [0.717, 1.165) is 17.5 Å². The zero-order valence-electron chi connectivity index (χ0n) is 19.5. The van der Waals surface area contributed by atoms with E-state index >= 15 is 0 Å². The second kappa shape index (κ2) is 10.2. The van der Waals surface area contributed by atoms with Gasteiger partial charge in [0.25, 0.3) is 0 Å². The molecule has 2 aromatic carbocycles. The van der Waals surface area contributed by atoms with Crippen molar-refractivity contribution in [3.05, 3.63) is 65.7 Å². The lowest BCUT2D eigenvalue weighted by Crippen LogP contribution is -2.74. The van der Waals surface area contributed by atoms with E-state index in [1.54, 1.807) is 29.2 Å². The van der Waals surface area contributed by atoms with Crippen molar-refractivity contribution in [3.63, 3.8) is 0 Å². The number of carbonyl (C=O) groups excluding carboxylic acids is 2. The number of β-lactam (4-membered cyclic amide) rings is 1. The minimum atomic E-state index is -0.723. The average molecular weight is 439 g/mol. The van der Waals surface area contributed by atoms with Crippen molar-refractivity contribution >= 4 is 11.9 Å². The van der Waals surface area contributed by atoms with Crippen molar-refractivity contribution in [3.8, 4) is 5.75 Å². The maximum Gasteiger partial charge on any atom is 0.330 e. The Labute approximate surface area is 190 Å². The number of amides is 3. The molecule has 172 valence electrons. The number of likely N-dealkylation sites (tertiary alicyclic amines) is 1. The van der Waals surface area contributed by atoms with Crippen LogP contribution in [0.4, 0.5) is 4.79 Å². The Morgan fingerprint density at radius 2 is 1.72 bits per heavy atom. The van der Waals surface area contributed by atoms with Gasteiger partial charge >= 0.3 is 6.03 Å². The van der Waals surface area contributed by atoms with Crippen LogP contribution in [0.15, 0.2) is 54.6 Å². The summed E-state index contributed by atoms with van der Waals surface area (Å²) in [5.41, 5.74) is 1.08. The van der Waals surface area contributed by atoms with E-state index in [1.807, 2.05) is 58.0 Å². The summed E-state index contributed by atoms with van der Waals surface area (Å²) in [5, 5.41) is 9.29. The van der Waals surface area contributed by atoms with E-state index in [2.05, 4.69) is 0 Å². The number of urea groups is 1. The predicted octanol–water partition coefficient (Wildman–Crippen LogP) is 5.13. The molecular weight excluding hydrogens is 404 g/mol. The Morgan fingerprint density at radius 3 is 2.25 bits per heavy atom. The number of hydrogen-bond acceptors (Lipinski definition) is 4. The third-order valence-electron chi connectivity index (χ3n) is 6.63. The van der Waals surface area contributed by atoms with Crippen LogP contribution >= 0.6 is 0 Å². The molecule has 3 rings (SSSR count). The van der Waals surface area contributed by atoms with Crippen molar-refractivity contribution in [2.24, 2.45) is 5.41 Å². The first kappa shape index (κ1) is 23.8. The number of carbonyl (C=O) groups is 2. The van der Waals surface area contributed by atoms with E-state index < -0.39 is 11.6 Å². The van der Waals surface area contributed by atoms with Crippen LogP contribution in [0.5, 0.6) is 5.75 Å². The molecule has 0 saturated carbocycles. The van der Waals surface area contributed by atoms with Gasteiger partial charge in [-0.2, -0.15) is 0 Å². The molecule has 6 heteroatoms. The zero-order chi connectivity index (χ0) is 23.3. The van der Waals surface area contributed by atoms with E-state index in [1.165, 1.54) is 4.90 Å². The summed E-state index contributed by atoms with van der Waals surface area (Å²) in [4.78, 5) is 30.1. The molecule has 0 bridgehead atoms. The first-order valence-electron chi connectivity index (χ1n) is 11.5. The molecule has 1 fully saturated rings. The highest BCUT2D eigenvalue weighted by molar-refractivity contribution is 6.03. The molecule has 0 unspecified atom stereocenters. The molecule has 1 aliphatic heterocycles. The molecule has 1 N–H and O–H groups in total. The zero-order valence-corrected chi connectivity index (χ0v) is 19.5. The van der Waals surface area contributed by atoms with Gasteiger partial charge in [-0.3, -0.25) is 4.79 Å². The fourth-order valence-electron chi connectivity index (χ4n) is 4.44. The topological polar surface area (TPSA) is 70.1 Å². The molecule has 0 aromatic heterocycles. The van der Waals surface area contributed by atoms with Gasteiger partial charge in [0.15, 0.2) is 6.23 Å². The van der Waals surface area contributed by atoms with Crippen LogP contribution in [-0.4, -0.2) is 39.6 Å². The van der Waals surface area contributed by atoms with E-state index in [9.17, 15) is 14.7 Å². The highest BCUT2D eigenvalue weighted by atomic mass is 16.5. The molecule has 0 aliphatic carbocycles. The Bertz CT molecular complexity index is 909. The predicted molar refractivity (Wildman–Crippen MR) is 124 cm³/mol. The van der Waals surface area contributed by atoms with Gasteiger partial charge in [-0.25, -0.2) is 9.69 Å². The first-order chi connectivity index (χ1) is 15.4. The van der Waals surface area contributed by atoms with Crippen LogP contribution in [-0.2, 0) is 11.4 Å². The lowest BCUT2D eigenvalue weighted by Gasteiger charge is -2.54. The maximum atomic E-state index is 13.7. The normalized spacial score (nSPS) is 18.1. The molecule has 1 saturated heterocycles. The Balaban J connectivity index is 1.90. The molecule has 1 heterocycles. The average Bonchev–Trinajstić information content (AvgIpc) is 2.83. The summed E-state index contributed by atoms with van der Waals surface area (Å²) < 4.78 is 6.24. The molecule has 2 aromatic rings. The van der Waals surface area contributed by atoms with Crippen LogP contribution in [0.3, 0.4) is 0 Å². The molecule has 0 spiro atoms. The number of ether oxygens (including phenoxy) is 1. The number of nitrogens with zero attached hydrogens (tertiary/aromatic N) is 2. The molecule has 0 radical (unpaired) electrons. The second-order valence-corrected chi connectivity index (χ2v) is 8.37. The highest BCUT2D eigenvalue weighted by Crippen LogP contribution is 2.47. The largest absolute Gasteiger partial charge is 0.469 e. The SMILES string of the molecule is CCCN(C(=O)N1C(=O)C(CC)(CC)[C@@H]1Oc1ccc(CO)cc1)[C@H](C)c1ccccc1. The number of rotatable bonds is 9. The molecule has 3 amide bonds. The monoisotopic (exact) mass is 438 g/mol. The van der Waals surface area contributed by atoms with E-state index in [4.69, 9.17) is 4.74 Å². The smallest absolute Gasteiger partial charge is 0.330 e. The quantitative estimate of drug-likeness (QED) is 0.551. The van der Waals surface area contributed by atoms with Crippen molar-refractivity contribution in [1.82, 2.24) is 9.80 Å². The van der Waals surface area contributed by atoms with Crippen LogP contribution < -0.4 is 4.74 Å². The van der Waals surface area contributed by atoms with Crippen LogP contribution in [0.25, 0.3) is 0 Å². The fourth-order valence-corrected chi connectivity index (χ4v) is 4.44. The third-order valence-corrected chi connectivity index (χ3v) is 6.63. The Kier molecular flexibility index (Phi) is 7.56. The van der Waals surface area contributed by atoms with Crippen molar-refractivity contribution in [2.75, 3.05) is 6.54 Å². The lowest BCUT2D eigenvalue weighted by atomic mass is 9.72. The summed E-state index contributed by atoms with van der Waals surface area (Å²) in [6, 6.07) is 16.5. The Morgan fingerprint density at radius 1 is 1.09 bits per heavy atom. The van der Waals surface area contributed by atoms with Gasteiger partial charge in [0.05, 0.1) is 12.6 Å². The molecule has 32 heavy (non-hydrogen) atoms. The molecular formula is C26H34N2O4. The summed E-state index contributed by atoms with van der Waals surface area (Å²) in [5.74, 6) is 0.396. The molecule has 2 atom stereocenters. The Hall–Kier alpha value is -2.86. The van der Waals surface area contributed by atoms with E-state index in [0.29, 0.717) is 25.1 Å². The number of imide groups is 1. The highest BCUT2D eigenvalue weighted by Gasteiger charge is 2.63. The number of aliphatic hydroxyl groups is 1. The van der Waals surface area contributed by atoms with Gasteiger partial charge < -0.3 is 14.7 Å². The standard InChI is InChI=1S/C26H34N2O4/c1-5-17-27(19(4)21-11-9-8-10-12-21)25(31)28-23(30)26(6-2,7-3)24(28)32-22-15-13-20(18-29)14-16-22/h8-16,19,24,29H,5-7,17-18H2,1-4H3/t19-,24+/m1/s1. The lowest BCUT2D eigenvalue weighted by molar-refractivity contribution is -0.192. The van der Waals surface area contributed by atoms with Crippen molar-refractivity contribution in [1.29, 1.82) is 0 Å². The fraction of sp³-hybridized carbons (Fsp3) is 0.462. The third kappa shape index (κ3) is 4.24. The van der Waals surface area contributed by atoms with Gasteiger partial charge in [0.2, 0.25) is 5.91 Å². The summed E-state index contributed by atoms with van der Waals surface area (Å²) in [7, 11) is 0. The van der Waals surface area contributed by atoms with Crippen LogP contribution in [0.1, 0.15) is 64.1 Å². The molecule has 1 aliphatic rings. The number of benzene rings is 2. The summed E-state index contributed by atoms with van der Waals surface area (Å²) >= 11 is 0. The van der Waals surface area contributed by atoms with Crippen LogP contribution in [0, 0.1) is 5.41 Å². The van der Waals surface area contributed by atoms with Crippen molar-refractivity contribution in [2.45, 2.75) is 65.8 Å². The van der Waals surface area contributed by atoms with Gasteiger partial charge in [0, 0.05) is 6.54 Å². The van der Waals surface area contributed by atoms with Gasteiger partial charge in [0.1, 0.15) is 11.2 Å². The van der Waals surface area contributed by atoms with Crippen LogP contribution in [0.2, 0.25) is 0 Å². The minimum Gasteiger partial charge on any atom is -0.469 e. The second-order valence-electron chi connectivity index (χ2n) is 8.37. The summed E-state index contributed by atoms with van der Waals surface area (Å²) in [6.07, 6.45) is 1.30. The first-order valence-corrected chi connectivity index (χ1v) is 11.5. The van der Waals surface area contributed by atoms with Gasteiger partial charge in [-0.1, -0.05) is 63.2 Å². The maximum absolute atomic E-state index is 13.7. The number of hydrogen-bond donors (Lipinski definition) is 1. The molecule has 6 nitrogen and oxygen atoms in total. The van der Waals surface area contributed by atoms with E-state index in [-0.39, 0.29) is 24.6 Å². The number of aliphatic hydroxyl groups excluding tert-OH is 1. The summed E-state index contributed by atoms with van der Waals surface area (Å²) in [6.45, 7) is 8.43. The van der Waals surface area contributed by atoms with Gasteiger partial charge in [-0.05, 0) is 49.4 Å². The van der Waals surface area contributed by atoms with Gasteiger partial charge in [-0.15, -0.1) is 0 Å². The van der Waals surface area contributed by atoms with Crippen molar-refractivity contribution < 1.29 is 19.4 Å². The minimum absolute atomic E-state index is 0.0516.